The number of carbonyl (C=O) groups excluding carboxylic acids is 1. The number of hydrogen-bond acceptors (Lipinski definition) is 7. The van der Waals surface area contributed by atoms with Gasteiger partial charge in [0.1, 0.15) is 0 Å². The number of anilines is 2. The summed E-state index contributed by atoms with van der Waals surface area (Å²) in [5, 5.41) is 3.42. The molecule has 1 amide bonds. The number of rotatable bonds is 5. The van der Waals surface area contributed by atoms with Crippen molar-refractivity contribution in [3.05, 3.63) is 0 Å². The molecular weight excluding hydrogens is 356 g/mol. The summed E-state index contributed by atoms with van der Waals surface area (Å²) in [5.74, 6) is 1.81. The summed E-state index contributed by atoms with van der Waals surface area (Å²) in [7, 11) is 1.59. The van der Waals surface area contributed by atoms with Gasteiger partial charge in [-0.05, 0) is 32.1 Å². The Morgan fingerprint density at radius 2 is 1.71 bits per heavy atom. The highest BCUT2D eigenvalue weighted by Crippen LogP contribution is 2.28. The number of methoxy groups -OCH3 is 1. The third-order valence-electron chi connectivity index (χ3n) is 6.21. The predicted molar refractivity (Wildman–Crippen MR) is 108 cm³/mol. The second-order valence-corrected chi connectivity index (χ2v) is 8.24. The molecule has 3 fully saturated rings. The molecule has 0 spiro atoms. The van der Waals surface area contributed by atoms with Crippen molar-refractivity contribution in [1.82, 2.24) is 19.9 Å². The lowest BCUT2D eigenvalue weighted by Crippen LogP contribution is -2.35. The normalized spacial score (nSPS) is 23.7. The van der Waals surface area contributed by atoms with E-state index < -0.39 is 0 Å². The van der Waals surface area contributed by atoms with Gasteiger partial charge in [-0.3, -0.25) is 4.79 Å². The molecule has 3 heterocycles. The Kier molecular flexibility index (Phi) is 6.12. The minimum atomic E-state index is 0.175. The first kappa shape index (κ1) is 19.2. The third kappa shape index (κ3) is 4.47. The van der Waals surface area contributed by atoms with E-state index in [0.29, 0.717) is 23.8 Å². The first-order valence-electron chi connectivity index (χ1n) is 10.8. The Morgan fingerprint density at radius 3 is 2.43 bits per heavy atom. The highest BCUT2D eigenvalue weighted by Gasteiger charge is 2.32. The number of aromatic nitrogens is 3. The lowest BCUT2D eigenvalue weighted by Gasteiger charge is -2.22. The monoisotopic (exact) mass is 388 g/mol. The fourth-order valence-corrected chi connectivity index (χ4v) is 4.61. The summed E-state index contributed by atoms with van der Waals surface area (Å²) in [6.07, 6.45) is 10.3. The average molecular weight is 389 g/mol. The Morgan fingerprint density at radius 1 is 0.964 bits per heavy atom. The standard InChI is InChI=1S/C20H32N6O2/c1-28-20-23-18(22-19(24-20)25-11-6-2-3-7-12-25)21-16-10-13-26(14-16)17(27)15-8-4-5-9-15/h15-16H,2-14H2,1H3,(H,21,22,23,24). The number of amides is 1. The van der Waals surface area contributed by atoms with E-state index in [0.717, 1.165) is 58.3 Å². The van der Waals surface area contributed by atoms with Crippen molar-refractivity contribution in [2.75, 3.05) is 43.5 Å². The minimum Gasteiger partial charge on any atom is -0.467 e. The smallest absolute Gasteiger partial charge is 0.322 e. The van der Waals surface area contributed by atoms with Crippen LogP contribution in [0, 0.1) is 5.92 Å². The Hall–Kier alpha value is -2.12. The molecule has 2 saturated heterocycles. The number of carbonyl (C=O) groups is 1. The summed E-state index contributed by atoms with van der Waals surface area (Å²) in [6.45, 7) is 3.48. The van der Waals surface area contributed by atoms with Crippen molar-refractivity contribution in [3.63, 3.8) is 0 Å². The SMILES string of the molecule is COc1nc(NC2CCN(C(=O)C3CCCC3)C2)nc(N2CCCCCC2)n1. The van der Waals surface area contributed by atoms with Crippen molar-refractivity contribution in [3.8, 4) is 6.01 Å². The molecule has 8 heteroatoms. The van der Waals surface area contributed by atoms with Gasteiger partial charge in [-0.1, -0.05) is 25.7 Å². The first-order valence-corrected chi connectivity index (χ1v) is 10.8. The van der Waals surface area contributed by atoms with Crippen molar-refractivity contribution >= 4 is 17.8 Å². The van der Waals surface area contributed by atoms with Crippen LogP contribution < -0.4 is 15.0 Å². The molecule has 1 aromatic rings. The Labute approximate surface area is 167 Å². The summed E-state index contributed by atoms with van der Waals surface area (Å²) in [4.78, 5) is 30.4. The van der Waals surface area contributed by atoms with Crippen LogP contribution in [0.15, 0.2) is 0 Å². The molecule has 1 unspecified atom stereocenters. The zero-order valence-corrected chi connectivity index (χ0v) is 16.9. The summed E-state index contributed by atoms with van der Waals surface area (Å²) >= 11 is 0. The maximum atomic E-state index is 12.7. The van der Waals surface area contributed by atoms with Gasteiger partial charge in [0.2, 0.25) is 17.8 Å². The number of nitrogens with zero attached hydrogens (tertiary/aromatic N) is 5. The van der Waals surface area contributed by atoms with Gasteiger partial charge in [0.15, 0.2) is 0 Å². The van der Waals surface area contributed by atoms with Crippen LogP contribution in [0.3, 0.4) is 0 Å². The molecule has 1 atom stereocenters. The van der Waals surface area contributed by atoms with Crippen LogP contribution in [0.4, 0.5) is 11.9 Å². The predicted octanol–water partition coefficient (Wildman–Crippen LogP) is 2.46. The number of hydrogen-bond donors (Lipinski definition) is 1. The van der Waals surface area contributed by atoms with Crippen LogP contribution in [-0.4, -0.2) is 65.1 Å². The van der Waals surface area contributed by atoms with E-state index in [1.165, 1.54) is 25.7 Å². The molecular formula is C20H32N6O2. The molecule has 154 valence electrons. The largest absolute Gasteiger partial charge is 0.467 e. The average Bonchev–Trinajstić information content (AvgIpc) is 3.34. The van der Waals surface area contributed by atoms with E-state index in [1.54, 1.807) is 7.11 Å². The van der Waals surface area contributed by atoms with Gasteiger partial charge in [0, 0.05) is 38.1 Å². The van der Waals surface area contributed by atoms with Crippen LogP contribution >= 0.6 is 0 Å². The molecule has 8 nitrogen and oxygen atoms in total. The highest BCUT2D eigenvalue weighted by atomic mass is 16.5. The highest BCUT2D eigenvalue weighted by molar-refractivity contribution is 5.79. The van der Waals surface area contributed by atoms with Crippen molar-refractivity contribution in [2.24, 2.45) is 5.92 Å². The molecule has 28 heavy (non-hydrogen) atoms. The van der Waals surface area contributed by atoms with E-state index in [2.05, 4.69) is 25.2 Å². The molecule has 0 bridgehead atoms. The maximum Gasteiger partial charge on any atom is 0.322 e. The minimum absolute atomic E-state index is 0.175. The van der Waals surface area contributed by atoms with Crippen molar-refractivity contribution in [1.29, 1.82) is 0 Å². The van der Waals surface area contributed by atoms with E-state index in [9.17, 15) is 4.79 Å². The first-order chi connectivity index (χ1) is 13.7. The topological polar surface area (TPSA) is 83.5 Å². The molecule has 0 radical (unpaired) electrons. The summed E-state index contributed by atoms with van der Waals surface area (Å²) in [6, 6.07) is 0.517. The molecule has 0 aromatic carbocycles. The number of nitrogens with one attached hydrogen (secondary N) is 1. The van der Waals surface area contributed by atoms with Gasteiger partial charge in [0.25, 0.3) is 0 Å². The van der Waals surface area contributed by atoms with E-state index in [1.807, 2.05) is 4.90 Å². The van der Waals surface area contributed by atoms with Gasteiger partial charge < -0.3 is 19.9 Å². The van der Waals surface area contributed by atoms with Crippen LogP contribution in [0.2, 0.25) is 0 Å². The zero-order chi connectivity index (χ0) is 19.3. The third-order valence-corrected chi connectivity index (χ3v) is 6.21. The number of ether oxygens (including phenoxy) is 1. The zero-order valence-electron chi connectivity index (χ0n) is 16.9. The summed E-state index contributed by atoms with van der Waals surface area (Å²) in [5.41, 5.74) is 0. The Bertz CT molecular complexity index is 671. The fraction of sp³-hybridized carbons (Fsp3) is 0.800. The lowest BCUT2D eigenvalue weighted by atomic mass is 10.1. The van der Waals surface area contributed by atoms with E-state index in [4.69, 9.17) is 4.74 Å². The quantitative estimate of drug-likeness (QED) is 0.829. The van der Waals surface area contributed by atoms with Gasteiger partial charge in [-0.25, -0.2) is 0 Å². The van der Waals surface area contributed by atoms with Crippen LogP contribution in [-0.2, 0) is 4.79 Å². The molecule has 1 aromatic heterocycles. The Balaban J connectivity index is 1.41. The summed E-state index contributed by atoms with van der Waals surface area (Å²) < 4.78 is 5.32. The van der Waals surface area contributed by atoms with E-state index >= 15 is 0 Å². The molecule has 4 rings (SSSR count). The molecule has 1 aliphatic carbocycles. The second kappa shape index (κ2) is 8.92. The molecule has 2 aliphatic heterocycles. The maximum absolute atomic E-state index is 12.7. The van der Waals surface area contributed by atoms with Crippen molar-refractivity contribution < 1.29 is 9.53 Å². The number of likely N-dealkylation sites (tertiary alicyclic amines) is 1. The van der Waals surface area contributed by atoms with Gasteiger partial charge in [0.05, 0.1) is 7.11 Å². The molecule has 1 saturated carbocycles. The van der Waals surface area contributed by atoms with Crippen LogP contribution in [0.1, 0.15) is 57.8 Å². The molecule has 1 N–H and O–H groups in total. The van der Waals surface area contributed by atoms with E-state index in [-0.39, 0.29) is 12.0 Å². The van der Waals surface area contributed by atoms with Gasteiger partial charge in [-0.15, -0.1) is 0 Å². The van der Waals surface area contributed by atoms with Crippen LogP contribution in [0.5, 0.6) is 6.01 Å². The second-order valence-electron chi connectivity index (χ2n) is 8.24. The lowest BCUT2D eigenvalue weighted by molar-refractivity contribution is -0.134. The fourth-order valence-electron chi connectivity index (χ4n) is 4.61. The van der Waals surface area contributed by atoms with Gasteiger partial charge in [-0.2, -0.15) is 15.0 Å². The molecule has 3 aliphatic rings. The van der Waals surface area contributed by atoms with Crippen LogP contribution in [0.25, 0.3) is 0 Å². The van der Waals surface area contributed by atoms with Crippen molar-refractivity contribution in [2.45, 2.75) is 63.8 Å². The van der Waals surface area contributed by atoms with Gasteiger partial charge >= 0.3 is 6.01 Å².